The number of anilines is 1. The molecule has 0 fully saturated rings. The highest BCUT2D eigenvalue weighted by molar-refractivity contribution is 8.04. The number of hydrogen-bond acceptors (Lipinski definition) is 5. The van der Waals surface area contributed by atoms with Gasteiger partial charge in [0, 0.05) is 11.1 Å². The van der Waals surface area contributed by atoms with E-state index in [9.17, 15) is 20.1 Å². The van der Waals surface area contributed by atoms with Gasteiger partial charge in [0.2, 0.25) is 11.8 Å². The maximum Gasteiger partial charge on any atom is 0.243 e. The van der Waals surface area contributed by atoms with Gasteiger partial charge in [-0.05, 0) is 31.5 Å². The molecule has 6 nitrogen and oxygen atoms in total. The summed E-state index contributed by atoms with van der Waals surface area (Å²) in [5.74, 6) is -1.64. The van der Waals surface area contributed by atoms with Crippen LogP contribution in [0, 0.1) is 40.9 Å². The van der Waals surface area contributed by atoms with Crippen LogP contribution in [0.15, 0.2) is 34.9 Å². The fourth-order valence-corrected chi connectivity index (χ4v) is 3.82. The van der Waals surface area contributed by atoms with Crippen molar-refractivity contribution in [2.45, 2.75) is 32.9 Å². The number of rotatable bonds is 4. The van der Waals surface area contributed by atoms with Crippen molar-refractivity contribution in [3.05, 3.63) is 40.4 Å². The first kappa shape index (κ1) is 19.6. The summed E-state index contributed by atoms with van der Waals surface area (Å²) in [6.07, 6.45) is 0. The van der Waals surface area contributed by atoms with E-state index in [0.29, 0.717) is 16.3 Å². The Bertz CT molecular complexity index is 861. The molecule has 0 aliphatic carbocycles. The molecule has 1 aliphatic heterocycles. The molecule has 2 N–H and O–H groups in total. The van der Waals surface area contributed by atoms with Crippen LogP contribution in [0.25, 0.3) is 0 Å². The van der Waals surface area contributed by atoms with Gasteiger partial charge in [0.05, 0.1) is 28.0 Å². The Kier molecular flexibility index (Phi) is 5.74. The van der Waals surface area contributed by atoms with Crippen molar-refractivity contribution in [3.63, 3.8) is 0 Å². The molecule has 1 aromatic rings. The molecule has 1 aliphatic rings. The molecule has 26 heavy (non-hydrogen) atoms. The van der Waals surface area contributed by atoms with Crippen LogP contribution >= 0.6 is 11.8 Å². The third-order valence-electron chi connectivity index (χ3n) is 4.28. The number of aryl methyl sites for hydroxylation is 1. The van der Waals surface area contributed by atoms with E-state index in [1.807, 2.05) is 31.2 Å². The topological polar surface area (TPSA) is 106 Å². The molecule has 0 saturated carbocycles. The average molecular weight is 368 g/mol. The molecular formula is C19H20N4O2S. The number of carbonyl (C=O) groups excluding carboxylic acids is 2. The number of amides is 2. The average Bonchev–Trinajstić information content (AvgIpc) is 2.54. The first-order valence-corrected chi connectivity index (χ1v) is 8.98. The highest BCUT2D eigenvalue weighted by Crippen LogP contribution is 2.42. The van der Waals surface area contributed by atoms with Gasteiger partial charge in [0.25, 0.3) is 0 Å². The van der Waals surface area contributed by atoms with Crippen LogP contribution in [-0.2, 0) is 9.59 Å². The predicted molar refractivity (Wildman–Crippen MR) is 101 cm³/mol. The van der Waals surface area contributed by atoms with E-state index in [1.54, 1.807) is 26.8 Å². The summed E-state index contributed by atoms with van der Waals surface area (Å²) >= 11 is 1.11. The zero-order valence-electron chi connectivity index (χ0n) is 15.1. The van der Waals surface area contributed by atoms with Crippen LogP contribution in [0.5, 0.6) is 0 Å². The highest BCUT2D eigenvalue weighted by Gasteiger charge is 2.45. The summed E-state index contributed by atoms with van der Waals surface area (Å²) in [6.45, 7) is 7.02. The standard InChI is InChI=1S/C19H20N4O2S/c1-11-6-5-7-13(8-11)22-16(24)12(2)26-18-15(10-21)19(3,4)14(9-20)17(25)23-18/h5-8,12,14H,1-4H3,(H,22,24)(H,23,25)/t12-,14-/m1/s1. The number of carbonyl (C=O) groups is 2. The van der Waals surface area contributed by atoms with E-state index < -0.39 is 22.5 Å². The van der Waals surface area contributed by atoms with Crippen LogP contribution in [-0.4, -0.2) is 17.1 Å². The number of thioether (sulfide) groups is 1. The molecule has 0 aromatic heterocycles. The Labute approximate surface area is 157 Å². The van der Waals surface area contributed by atoms with Crippen molar-refractivity contribution >= 4 is 29.3 Å². The van der Waals surface area contributed by atoms with Crippen molar-refractivity contribution in [3.8, 4) is 12.1 Å². The van der Waals surface area contributed by atoms with Gasteiger partial charge >= 0.3 is 0 Å². The third-order valence-corrected chi connectivity index (χ3v) is 5.39. The number of hydrogen-bond donors (Lipinski definition) is 2. The van der Waals surface area contributed by atoms with Crippen LogP contribution in [0.2, 0.25) is 0 Å². The maximum absolute atomic E-state index is 12.5. The van der Waals surface area contributed by atoms with Gasteiger partial charge in [0.1, 0.15) is 5.92 Å². The second kappa shape index (κ2) is 7.63. The van der Waals surface area contributed by atoms with Crippen LogP contribution in [0.1, 0.15) is 26.3 Å². The fraction of sp³-hybridized carbons (Fsp3) is 0.368. The fourth-order valence-electron chi connectivity index (χ4n) is 2.71. The van der Waals surface area contributed by atoms with Gasteiger partial charge in [-0.15, -0.1) is 0 Å². The van der Waals surface area contributed by atoms with Crippen molar-refractivity contribution in [2.24, 2.45) is 11.3 Å². The number of nitrogens with one attached hydrogen (secondary N) is 2. The van der Waals surface area contributed by atoms with Crippen molar-refractivity contribution in [1.29, 1.82) is 10.5 Å². The van der Waals surface area contributed by atoms with Crippen molar-refractivity contribution < 1.29 is 9.59 Å². The zero-order chi connectivity index (χ0) is 19.5. The molecule has 134 valence electrons. The highest BCUT2D eigenvalue weighted by atomic mass is 32.2. The normalized spacial score (nSPS) is 19.8. The van der Waals surface area contributed by atoms with E-state index in [4.69, 9.17) is 0 Å². The Morgan fingerprint density at radius 2 is 2.08 bits per heavy atom. The molecule has 2 atom stereocenters. The van der Waals surface area contributed by atoms with Crippen LogP contribution < -0.4 is 10.6 Å². The number of benzene rings is 1. The first-order valence-electron chi connectivity index (χ1n) is 8.10. The van der Waals surface area contributed by atoms with Crippen LogP contribution in [0.3, 0.4) is 0 Å². The van der Waals surface area contributed by atoms with Gasteiger partial charge in [-0.2, -0.15) is 10.5 Å². The minimum atomic E-state index is -0.946. The van der Waals surface area contributed by atoms with Gasteiger partial charge < -0.3 is 10.6 Å². The largest absolute Gasteiger partial charge is 0.325 e. The van der Waals surface area contributed by atoms with Crippen LogP contribution in [0.4, 0.5) is 5.69 Å². The minimum Gasteiger partial charge on any atom is -0.325 e. The SMILES string of the molecule is Cc1cccc(NC(=O)[C@@H](C)SC2=C(C#N)C(C)(C)[C@H](C#N)C(=O)N2)c1. The van der Waals surface area contributed by atoms with Crippen molar-refractivity contribution in [1.82, 2.24) is 5.32 Å². The maximum atomic E-state index is 12.5. The Morgan fingerprint density at radius 1 is 1.38 bits per heavy atom. The second-order valence-electron chi connectivity index (χ2n) is 6.71. The molecule has 0 bridgehead atoms. The summed E-state index contributed by atoms with van der Waals surface area (Å²) in [7, 11) is 0. The molecule has 2 amide bonds. The lowest BCUT2D eigenvalue weighted by molar-refractivity contribution is -0.125. The van der Waals surface area contributed by atoms with E-state index in [-0.39, 0.29) is 5.91 Å². The first-order chi connectivity index (χ1) is 12.2. The lowest BCUT2D eigenvalue weighted by Gasteiger charge is -2.35. The molecule has 0 unspecified atom stereocenters. The second-order valence-corrected chi connectivity index (χ2v) is 8.06. The van der Waals surface area contributed by atoms with E-state index >= 15 is 0 Å². The summed E-state index contributed by atoms with van der Waals surface area (Å²) < 4.78 is 0. The van der Waals surface area contributed by atoms with E-state index in [0.717, 1.165) is 17.3 Å². The Morgan fingerprint density at radius 3 is 2.65 bits per heavy atom. The van der Waals surface area contributed by atoms with Gasteiger partial charge in [0.15, 0.2) is 0 Å². The molecular weight excluding hydrogens is 348 g/mol. The van der Waals surface area contributed by atoms with E-state index in [1.165, 1.54) is 0 Å². The quantitative estimate of drug-likeness (QED) is 0.849. The smallest absolute Gasteiger partial charge is 0.243 e. The number of allylic oxidation sites excluding steroid dienone is 1. The molecule has 1 aromatic carbocycles. The van der Waals surface area contributed by atoms with E-state index in [2.05, 4.69) is 16.7 Å². The lowest BCUT2D eigenvalue weighted by Crippen LogP contribution is -2.45. The molecule has 7 heteroatoms. The zero-order valence-corrected chi connectivity index (χ0v) is 15.9. The minimum absolute atomic E-state index is 0.236. The predicted octanol–water partition coefficient (Wildman–Crippen LogP) is 3.09. The molecule has 0 spiro atoms. The third kappa shape index (κ3) is 3.89. The monoisotopic (exact) mass is 368 g/mol. The molecule has 0 radical (unpaired) electrons. The summed E-state index contributed by atoms with van der Waals surface area (Å²) in [4.78, 5) is 24.7. The molecule has 0 saturated heterocycles. The summed E-state index contributed by atoms with van der Waals surface area (Å²) in [6, 6.07) is 11.5. The summed E-state index contributed by atoms with van der Waals surface area (Å²) in [5.41, 5.74) is 1.11. The van der Waals surface area contributed by atoms with Gasteiger partial charge in [-0.25, -0.2) is 0 Å². The van der Waals surface area contributed by atoms with Gasteiger partial charge in [-0.3, -0.25) is 9.59 Å². The van der Waals surface area contributed by atoms with Crippen molar-refractivity contribution in [2.75, 3.05) is 5.32 Å². The Balaban J connectivity index is 2.21. The number of nitriles is 2. The Hall–Kier alpha value is -2.77. The number of nitrogens with zero attached hydrogens (tertiary/aromatic N) is 2. The van der Waals surface area contributed by atoms with Gasteiger partial charge in [-0.1, -0.05) is 37.7 Å². The lowest BCUT2D eigenvalue weighted by atomic mass is 9.72. The molecule has 2 rings (SSSR count). The molecule has 1 heterocycles. The summed E-state index contributed by atoms with van der Waals surface area (Å²) in [5, 5.41) is 24.0.